The molecule has 1 atom stereocenters. The summed E-state index contributed by atoms with van der Waals surface area (Å²) >= 11 is 0.359. The molecule has 1 aromatic rings. The van der Waals surface area contributed by atoms with Crippen molar-refractivity contribution in [3.63, 3.8) is 0 Å². The van der Waals surface area contributed by atoms with Crippen molar-refractivity contribution in [2.45, 2.75) is 80.9 Å². The number of carbonyl (C=O) groups excluding carboxylic acids is 2. The van der Waals surface area contributed by atoms with Gasteiger partial charge in [-0.2, -0.15) is 17.9 Å². The molecule has 182 valence electrons. The van der Waals surface area contributed by atoms with E-state index in [-0.39, 0.29) is 23.7 Å². The largest absolute Gasteiger partial charge is 0.421 e. The van der Waals surface area contributed by atoms with Crippen LogP contribution in [0, 0.1) is 5.41 Å². The lowest BCUT2D eigenvalue weighted by Crippen LogP contribution is -2.66. The Balaban J connectivity index is 1.93. The molecule has 2 heterocycles. The van der Waals surface area contributed by atoms with Crippen molar-refractivity contribution in [2.75, 3.05) is 5.73 Å². The van der Waals surface area contributed by atoms with E-state index in [1.165, 1.54) is 0 Å². The van der Waals surface area contributed by atoms with E-state index in [4.69, 9.17) is 5.73 Å². The second-order valence-corrected chi connectivity index (χ2v) is 12.4. The summed E-state index contributed by atoms with van der Waals surface area (Å²) in [6.45, 7) is 3.47. The van der Waals surface area contributed by atoms with E-state index in [1.54, 1.807) is 18.6 Å². The van der Waals surface area contributed by atoms with Crippen molar-refractivity contribution in [1.82, 2.24) is 19.8 Å². The molecule has 33 heavy (non-hydrogen) atoms. The predicted molar refractivity (Wildman–Crippen MR) is 112 cm³/mol. The minimum absolute atomic E-state index is 0.0371. The zero-order chi connectivity index (χ0) is 24.4. The van der Waals surface area contributed by atoms with Gasteiger partial charge in [0.1, 0.15) is 0 Å². The molecule has 1 amide bonds. The molecule has 2 aliphatic carbocycles. The fraction of sp³-hybridized carbons (Fsp3) is 0.684. The quantitative estimate of drug-likeness (QED) is 0.639. The third-order valence-corrected chi connectivity index (χ3v) is 8.93. The van der Waals surface area contributed by atoms with E-state index in [1.807, 2.05) is 0 Å². The van der Waals surface area contributed by atoms with Crippen molar-refractivity contribution in [3.05, 3.63) is 11.3 Å². The molecule has 1 aromatic heterocycles. The van der Waals surface area contributed by atoms with E-state index >= 15 is 0 Å². The highest BCUT2D eigenvalue weighted by Crippen LogP contribution is 2.53. The first-order chi connectivity index (χ1) is 15.2. The second-order valence-electron chi connectivity index (χ2n) is 9.49. The fourth-order valence-corrected chi connectivity index (χ4v) is 7.15. The first kappa shape index (κ1) is 24.1. The van der Waals surface area contributed by atoms with Crippen LogP contribution in [0.2, 0.25) is 0 Å². The van der Waals surface area contributed by atoms with Crippen molar-refractivity contribution in [2.24, 2.45) is 5.41 Å². The summed E-state index contributed by atoms with van der Waals surface area (Å²) in [5, 5.41) is 6.39. The molecule has 3 N–H and O–H groups in total. The number of Topliss-reactive ketones (excluding diaryl/α,β-unsaturated/α-hetero) is 1. The highest BCUT2D eigenvalue weighted by molar-refractivity contribution is 7.91. The third-order valence-electron chi connectivity index (χ3n) is 6.36. The minimum atomic E-state index is -5.42. The number of amides is 1. The molecule has 0 aromatic carbocycles. The van der Waals surface area contributed by atoms with Crippen molar-refractivity contribution in [1.29, 1.82) is 0 Å². The van der Waals surface area contributed by atoms with Gasteiger partial charge in [0.25, 0.3) is 15.9 Å². The molecule has 9 nitrogen and oxygen atoms in total. The van der Waals surface area contributed by atoms with E-state index < -0.39 is 54.8 Å². The zero-order valence-electron chi connectivity index (χ0n) is 18.0. The first-order valence-electron chi connectivity index (χ1n) is 10.5. The van der Waals surface area contributed by atoms with Crippen LogP contribution in [0.5, 0.6) is 0 Å². The van der Waals surface area contributed by atoms with Crippen molar-refractivity contribution >= 4 is 38.2 Å². The summed E-state index contributed by atoms with van der Waals surface area (Å²) in [4.78, 5) is 27.8. The Morgan fingerprint density at radius 1 is 1.12 bits per heavy atom. The Hall–Kier alpha value is -2.06. The summed E-state index contributed by atoms with van der Waals surface area (Å²) in [6.07, 6.45) is -2.33. The number of ketones is 1. The van der Waals surface area contributed by atoms with E-state index in [2.05, 4.69) is 10.2 Å². The highest BCUT2D eigenvalue weighted by atomic mass is 32.2. The molecule has 14 heteroatoms. The number of hydrogen-bond acceptors (Lipinski definition) is 8. The van der Waals surface area contributed by atoms with E-state index in [9.17, 15) is 31.2 Å². The van der Waals surface area contributed by atoms with Crippen LogP contribution in [-0.4, -0.2) is 53.0 Å². The van der Waals surface area contributed by atoms with Gasteiger partial charge in [0.2, 0.25) is 15.0 Å². The number of aromatic nitrogens is 2. The van der Waals surface area contributed by atoms with Gasteiger partial charge in [0, 0.05) is 18.2 Å². The van der Waals surface area contributed by atoms with Gasteiger partial charge in [-0.1, -0.05) is 44.4 Å². The van der Waals surface area contributed by atoms with Crippen LogP contribution in [-0.2, 0) is 19.6 Å². The Kier molecular flexibility index (Phi) is 5.64. The van der Waals surface area contributed by atoms with Gasteiger partial charge in [0.05, 0.1) is 5.57 Å². The summed E-state index contributed by atoms with van der Waals surface area (Å²) in [7, 11) is -4.99. The molecule has 3 aliphatic rings. The number of nitrogens with zero attached hydrogens (tertiary/aromatic N) is 3. The molecular formula is C19H24F3N5O4S2. The number of halogens is 3. The monoisotopic (exact) mass is 507 g/mol. The van der Waals surface area contributed by atoms with Crippen LogP contribution < -0.4 is 10.5 Å². The van der Waals surface area contributed by atoms with E-state index in [0.29, 0.717) is 24.2 Å². The maximum atomic E-state index is 14.8. The van der Waals surface area contributed by atoms with Gasteiger partial charge in [0.15, 0.2) is 5.78 Å². The van der Waals surface area contributed by atoms with Crippen LogP contribution in [0.25, 0.3) is 0 Å². The molecule has 0 saturated heterocycles. The maximum Gasteiger partial charge on any atom is 0.421 e. The number of allylic oxidation sites excluding steroid dienone is 1. The second kappa shape index (κ2) is 7.73. The number of nitrogens with two attached hydrogens (primary N) is 1. The lowest BCUT2D eigenvalue weighted by Gasteiger charge is -2.37. The van der Waals surface area contributed by atoms with Gasteiger partial charge in [-0.3, -0.25) is 9.59 Å². The van der Waals surface area contributed by atoms with Gasteiger partial charge < -0.3 is 10.6 Å². The minimum Gasteiger partial charge on any atom is -0.374 e. The molecule has 4 rings (SSSR count). The Morgan fingerprint density at radius 2 is 1.76 bits per heavy atom. The molecule has 1 fully saturated rings. The maximum absolute atomic E-state index is 14.8. The number of nitrogens with one attached hydrogen (secondary N) is 1. The van der Waals surface area contributed by atoms with Gasteiger partial charge in [-0.25, -0.2) is 8.42 Å². The summed E-state index contributed by atoms with van der Waals surface area (Å²) in [6, 6.07) is -0.538. The normalized spacial score (nSPS) is 26.8. The highest BCUT2D eigenvalue weighted by Gasteiger charge is 2.73. The predicted octanol–water partition coefficient (Wildman–Crippen LogP) is 2.52. The fourth-order valence-electron chi connectivity index (χ4n) is 5.04. The molecular weight excluding hydrogens is 483 g/mol. The smallest absolute Gasteiger partial charge is 0.374 e. The number of sulfonamides is 1. The lowest BCUT2D eigenvalue weighted by molar-refractivity contribution is -0.189. The Morgan fingerprint density at radius 3 is 2.30 bits per heavy atom. The van der Waals surface area contributed by atoms with Crippen molar-refractivity contribution in [3.8, 4) is 0 Å². The third kappa shape index (κ3) is 3.85. The van der Waals surface area contributed by atoms with Crippen LogP contribution in [0.1, 0.15) is 58.8 Å². The first-order valence-corrected chi connectivity index (χ1v) is 12.8. The van der Waals surface area contributed by atoms with Crippen LogP contribution in [0.4, 0.5) is 18.3 Å². The van der Waals surface area contributed by atoms with Gasteiger partial charge in [-0.15, -0.1) is 10.2 Å². The van der Waals surface area contributed by atoms with Crippen molar-refractivity contribution < 1.29 is 31.2 Å². The van der Waals surface area contributed by atoms with E-state index in [0.717, 1.165) is 24.2 Å². The molecule has 1 unspecified atom stereocenters. The molecule has 0 spiro atoms. The zero-order valence-corrected chi connectivity index (χ0v) is 19.7. The summed E-state index contributed by atoms with van der Waals surface area (Å²) < 4.78 is 70.9. The molecule has 0 radical (unpaired) electrons. The summed E-state index contributed by atoms with van der Waals surface area (Å²) in [5.41, 5.74) is 0.121. The standard InChI is InChI=1S/C19H24F3N5O4S2/c1-17(2)8-11-13(12(28)9-17)18(19(20,21)22,14(29)27(11)10-6-4-3-5-7-10)26-33(30,31)16-25-24-15(23)32-16/h10,26H,3-9H2,1-2H3,(H2,23,24). The average molecular weight is 508 g/mol. The topological polar surface area (TPSA) is 135 Å². The lowest BCUT2D eigenvalue weighted by atomic mass is 9.72. The number of anilines is 1. The van der Waals surface area contributed by atoms with Gasteiger partial charge >= 0.3 is 6.18 Å². The number of hydrogen-bond donors (Lipinski definition) is 2. The summed E-state index contributed by atoms with van der Waals surface area (Å²) in [5.74, 6) is -2.39. The Labute approximate surface area is 192 Å². The number of alkyl halides is 3. The molecule has 1 saturated carbocycles. The molecule has 1 aliphatic heterocycles. The molecule has 0 bridgehead atoms. The SMILES string of the molecule is CC1(C)CC(=O)C2=C(C1)N(C1CCCCC1)C(=O)C2(NS(=O)(=O)c1nnc(N)s1)C(F)(F)F. The Bertz CT molecular complexity index is 1140. The number of rotatable bonds is 4. The average Bonchev–Trinajstić information content (AvgIpc) is 3.22. The number of nitrogen functional groups attached to an aromatic ring is 1. The van der Waals surface area contributed by atoms with Gasteiger partial charge in [-0.05, 0) is 24.7 Å². The van der Waals surface area contributed by atoms with Crippen LogP contribution in [0.3, 0.4) is 0 Å². The van der Waals surface area contributed by atoms with Crippen LogP contribution in [0.15, 0.2) is 15.6 Å². The number of carbonyl (C=O) groups is 2. The van der Waals surface area contributed by atoms with Crippen LogP contribution >= 0.6 is 11.3 Å².